The number of aryl methyl sites for hydroxylation is 3. The van der Waals surface area contributed by atoms with Crippen LogP contribution in [0.5, 0.6) is 5.75 Å². The molecule has 1 saturated carbocycles. The average Bonchev–Trinajstić information content (AvgIpc) is 3.70. The van der Waals surface area contributed by atoms with E-state index < -0.39 is 0 Å². The molecule has 3 atom stereocenters. The number of hydrogen-bond donors (Lipinski definition) is 1. The van der Waals surface area contributed by atoms with Crippen molar-refractivity contribution in [3.05, 3.63) is 158 Å². The van der Waals surface area contributed by atoms with Gasteiger partial charge in [0.05, 0.1) is 5.71 Å². The minimum absolute atomic E-state index is 0.0635. The summed E-state index contributed by atoms with van der Waals surface area (Å²) in [6, 6.07) is 35.7. The number of piperidine rings is 1. The fraction of sp³-hybridized carbons (Fsp3) is 0.367. The Balaban J connectivity index is 0.784. The van der Waals surface area contributed by atoms with E-state index in [2.05, 4.69) is 125 Å². The normalized spacial score (nSPS) is 21.5. The lowest BCUT2D eigenvalue weighted by Gasteiger charge is -2.53. The van der Waals surface area contributed by atoms with Crippen LogP contribution in [0.3, 0.4) is 0 Å². The molecule has 2 fully saturated rings. The molecule has 4 aromatic carbocycles. The van der Waals surface area contributed by atoms with Crippen LogP contribution in [0, 0.1) is 32.1 Å². The first kappa shape index (κ1) is 35.4. The van der Waals surface area contributed by atoms with E-state index in [0.717, 1.165) is 55.6 Å². The minimum atomic E-state index is -0.0635. The highest BCUT2D eigenvalue weighted by atomic mass is 32.1. The van der Waals surface area contributed by atoms with Crippen molar-refractivity contribution in [1.29, 1.82) is 0 Å². The molecule has 0 bridgehead atoms. The van der Waals surface area contributed by atoms with Gasteiger partial charge in [-0.15, -0.1) is 21.5 Å². The number of nitrogens with zero attached hydrogens (tertiary/aromatic N) is 5. The number of rotatable bonds is 6. The molecule has 6 aromatic rings. The summed E-state index contributed by atoms with van der Waals surface area (Å²) in [5, 5.41) is 20.4. The highest BCUT2D eigenvalue weighted by molar-refractivity contribution is 7.15. The fourth-order valence-electron chi connectivity index (χ4n) is 10.7. The topological polar surface area (TPSA) is 66.5 Å². The summed E-state index contributed by atoms with van der Waals surface area (Å²) in [5.74, 6) is 3.68. The van der Waals surface area contributed by atoms with E-state index in [1.54, 1.807) is 0 Å². The molecule has 0 radical (unpaired) electrons. The maximum atomic E-state index is 10.3. The van der Waals surface area contributed by atoms with E-state index in [9.17, 15) is 5.11 Å². The average molecular weight is 758 g/mol. The second kappa shape index (κ2) is 13.9. The zero-order valence-electron chi connectivity index (χ0n) is 33.0. The quantitative estimate of drug-likeness (QED) is 0.184. The summed E-state index contributed by atoms with van der Waals surface area (Å²) in [5.41, 5.74) is 13.5. The van der Waals surface area contributed by atoms with Crippen molar-refractivity contribution < 1.29 is 5.11 Å². The van der Waals surface area contributed by atoms with Gasteiger partial charge in [-0.2, -0.15) is 0 Å². The second-order valence-corrected chi connectivity index (χ2v) is 18.4. The minimum Gasteiger partial charge on any atom is -0.508 e. The van der Waals surface area contributed by atoms with Crippen molar-refractivity contribution in [2.75, 3.05) is 18.0 Å². The first-order valence-electron chi connectivity index (χ1n) is 20.6. The zero-order valence-corrected chi connectivity index (χ0v) is 33.8. The summed E-state index contributed by atoms with van der Waals surface area (Å²) in [6.45, 7) is 10.9. The lowest BCUT2D eigenvalue weighted by atomic mass is 9.56. The number of aromatic nitrogens is 3. The molecule has 6 nitrogen and oxygen atoms in total. The van der Waals surface area contributed by atoms with Crippen LogP contribution in [-0.2, 0) is 12.8 Å². The number of fused-ring (bicyclic) bond motifs is 4. The summed E-state index contributed by atoms with van der Waals surface area (Å²) in [4.78, 5) is 9.19. The Kier molecular flexibility index (Phi) is 8.77. The van der Waals surface area contributed by atoms with Crippen molar-refractivity contribution in [2.24, 2.45) is 16.3 Å². The Bertz CT molecular complexity index is 2430. The molecule has 1 saturated heterocycles. The standard InChI is InChI=1S/C49H51N5OS/c1-30-32(3)56-48-44(30)46(50-31(2)47-52-51-33(4)54(47)48)38-12-10-34(11-13-38)26-35-28-49(29-35)22-24-53(25-23-49)40-17-14-37(15-18-40)45-42(36-8-6-5-7-9-36)20-16-39-27-41(55)19-21-43(39)45/h5-15,17-19,21,27,31,35,42,45,55H,16,20,22-26,28-29H2,1-4H3/t31-,42+,45-/m0/s1. The third-order valence-electron chi connectivity index (χ3n) is 13.8. The third-order valence-corrected chi connectivity index (χ3v) is 15.0. The van der Waals surface area contributed by atoms with E-state index >= 15 is 0 Å². The van der Waals surface area contributed by atoms with Crippen molar-refractivity contribution in [3.8, 4) is 10.8 Å². The van der Waals surface area contributed by atoms with Crippen LogP contribution in [0.25, 0.3) is 5.00 Å². The van der Waals surface area contributed by atoms with E-state index in [-0.39, 0.29) is 12.0 Å². The number of phenolic OH excluding ortho intramolecular Hbond substituents is 1. The van der Waals surface area contributed by atoms with E-state index in [1.165, 1.54) is 85.8 Å². The van der Waals surface area contributed by atoms with Gasteiger partial charge in [0.25, 0.3) is 0 Å². The summed E-state index contributed by atoms with van der Waals surface area (Å²) in [6.07, 6.45) is 8.50. The number of phenols is 1. The van der Waals surface area contributed by atoms with Gasteiger partial charge in [0.2, 0.25) is 0 Å². The van der Waals surface area contributed by atoms with Crippen LogP contribution in [0.15, 0.2) is 102 Å². The summed E-state index contributed by atoms with van der Waals surface area (Å²) in [7, 11) is 0. The Morgan fingerprint density at radius 2 is 1.59 bits per heavy atom. The number of aromatic hydroxyl groups is 1. The Labute approximate surface area is 335 Å². The lowest BCUT2D eigenvalue weighted by Crippen LogP contribution is -2.47. The monoisotopic (exact) mass is 757 g/mol. The highest BCUT2D eigenvalue weighted by Gasteiger charge is 2.45. The molecule has 56 heavy (non-hydrogen) atoms. The first-order chi connectivity index (χ1) is 27.2. The number of hydrogen-bond acceptors (Lipinski definition) is 6. The Hall–Kier alpha value is -5.01. The van der Waals surface area contributed by atoms with Gasteiger partial charge >= 0.3 is 0 Å². The molecule has 4 aliphatic rings. The number of anilines is 1. The van der Waals surface area contributed by atoms with Gasteiger partial charge < -0.3 is 10.0 Å². The summed E-state index contributed by atoms with van der Waals surface area (Å²) < 4.78 is 2.22. The first-order valence-corrected chi connectivity index (χ1v) is 21.5. The molecular weight excluding hydrogens is 707 g/mol. The maximum Gasteiger partial charge on any atom is 0.162 e. The number of thiophene rings is 1. The SMILES string of the molecule is Cc1sc2c(c1C)C(c1ccc(CC3CC4(CCN(c5ccc([C@@H]6c7ccc(O)cc7CC[C@@H]6c6ccccc6)cc5)CC4)C3)cc1)=N[C@@H](C)c1nnc(C)n1-2. The predicted octanol–water partition coefficient (Wildman–Crippen LogP) is 11.0. The van der Waals surface area contributed by atoms with Gasteiger partial charge in [-0.25, -0.2) is 0 Å². The van der Waals surface area contributed by atoms with Crippen molar-refractivity contribution in [2.45, 2.75) is 90.5 Å². The van der Waals surface area contributed by atoms with E-state index in [4.69, 9.17) is 4.99 Å². The summed E-state index contributed by atoms with van der Waals surface area (Å²) >= 11 is 1.82. The van der Waals surface area contributed by atoms with Crippen molar-refractivity contribution in [1.82, 2.24) is 14.8 Å². The predicted molar refractivity (Wildman–Crippen MR) is 228 cm³/mol. The molecule has 7 heteroatoms. The fourth-order valence-corrected chi connectivity index (χ4v) is 12.0. The maximum absolute atomic E-state index is 10.3. The van der Waals surface area contributed by atoms with Crippen LogP contribution >= 0.6 is 11.3 Å². The molecule has 2 aliphatic carbocycles. The smallest absolute Gasteiger partial charge is 0.162 e. The molecule has 284 valence electrons. The molecule has 2 aliphatic heterocycles. The van der Waals surface area contributed by atoms with Gasteiger partial charge in [0.1, 0.15) is 22.6 Å². The van der Waals surface area contributed by atoms with Crippen LogP contribution in [0.4, 0.5) is 5.69 Å². The Morgan fingerprint density at radius 1 is 0.839 bits per heavy atom. The molecule has 1 N–H and O–H groups in total. The zero-order chi connectivity index (χ0) is 38.1. The van der Waals surface area contributed by atoms with E-state index in [1.807, 2.05) is 30.4 Å². The van der Waals surface area contributed by atoms with Crippen molar-refractivity contribution in [3.63, 3.8) is 0 Å². The lowest BCUT2D eigenvalue weighted by molar-refractivity contribution is 0.0283. The van der Waals surface area contributed by atoms with Crippen LogP contribution in [0.2, 0.25) is 0 Å². The number of benzene rings is 4. The van der Waals surface area contributed by atoms with Crippen LogP contribution in [-0.4, -0.2) is 38.7 Å². The second-order valence-electron chi connectivity index (χ2n) is 17.2. The largest absolute Gasteiger partial charge is 0.508 e. The van der Waals surface area contributed by atoms with Crippen LogP contribution in [0.1, 0.15) is 118 Å². The molecule has 0 unspecified atom stereocenters. The van der Waals surface area contributed by atoms with Gasteiger partial charge in [-0.05, 0) is 148 Å². The molecule has 10 rings (SSSR count). The van der Waals surface area contributed by atoms with Gasteiger partial charge in [0.15, 0.2) is 5.82 Å². The molecule has 1 spiro atoms. The number of aliphatic imine (C=N–C) groups is 1. The Morgan fingerprint density at radius 3 is 2.34 bits per heavy atom. The van der Waals surface area contributed by atoms with Crippen molar-refractivity contribution >= 4 is 22.7 Å². The van der Waals surface area contributed by atoms with Gasteiger partial charge in [-0.3, -0.25) is 9.56 Å². The molecule has 4 heterocycles. The van der Waals surface area contributed by atoms with Crippen LogP contribution < -0.4 is 4.90 Å². The van der Waals surface area contributed by atoms with Gasteiger partial charge in [-0.1, -0.05) is 72.8 Å². The highest BCUT2D eigenvalue weighted by Crippen LogP contribution is 2.54. The molecule has 0 amide bonds. The molecule has 2 aromatic heterocycles. The van der Waals surface area contributed by atoms with E-state index in [0.29, 0.717) is 17.1 Å². The molecular formula is C49H51N5OS. The van der Waals surface area contributed by atoms with Gasteiger partial charge in [0, 0.05) is 40.7 Å². The third kappa shape index (κ3) is 6.10.